The molecule has 1 saturated heterocycles. The molecular formula is C22H20F2N4O. The molecule has 1 aliphatic rings. The van der Waals surface area contributed by atoms with Gasteiger partial charge in [-0.05, 0) is 48.7 Å². The number of hydrogen-bond acceptors (Lipinski definition) is 4. The molecule has 4 rings (SSSR count). The van der Waals surface area contributed by atoms with Crippen molar-refractivity contribution in [2.75, 3.05) is 18.8 Å². The average molecular weight is 394 g/mol. The summed E-state index contributed by atoms with van der Waals surface area (Å²) in [4.78, 5) is 23.0. The Morgan fingerprint density at radius 2 is 1.97 bits per heavy atom. The average Bonchev–Trinajstić information content (AvgIpc) is 2.67. The van der Waals surface area contributed by atoms with Crippen LogP contribution in [0.3, 0.4) is 0 Å². The number of benzene rings is 1. The lowest BCUT2D eigenvalue weighted by molar-refractivity contribution is -0.136. The lowest BCUT2D eigenvalue weighted by Gasteiger charge is -2.39. The van der Waals surface area contributed by atoms with Crippen molar-refractivity contribution in [3.63, 3.8) is 0 Å². The van der Waals surface area contributed by atoms with Crippen LogP contribution < -0.4 is 5.73 Å². The molecule has 1 amide bonds. The third-order valence-electron chi connectivity index (χ3n) is 5.07. The third kappa shape index (κ3) is 4.23. The number of hydrogen-bond donors (Lipinski definition) is 1. The Balaban J connectivity index is 1.41. The molecule has 1 aromatic carbocycles. The van der Waals surface area contributed by atoms with Gasteiger partial charge in [-0.1, -0.05) is 6.07 Å². The van der Waals surface area contributed by atoms with Crippen LogP contribution in [-0.2, 0) is 17.6 Å². The maximum atomic E-state index is 14.1. The zero-order valence-electron chi connectivity index (χ0n) is 15.7. The Labute approximate surface area is 167 Å². The summed E-state index contributed by atoms with van der Waals surface area (Å²) in [5, 5.41) is 0. The van der Waals surface area contributed by atoms with Gasteiger partial charge < -0.3 is 10.6 Å². The predicted octanol–water partition coefficient (Wildman–Crippen LogP) is 3.25. The molecule has 29 heavy (non-hydrogen) atoms. The number of rotatable bonds is 5. The van der Waals surface area contributed by atoms with E-state index in [0.29, 0.717) is 36.1 Å². The van der Waals surface area contributed by atoms with Crippen molar-refractivity contribution in [2.45, 2.75) is 12.8 Å². The van der Waals surface area contributed by atoms with Gasteiger partial charge in [0.1, 0.15) is 11.6 Å². The van der Waals surface area contributed by atoms with Crippen molar-refractivity contribution in [1.29, 1.82) is 0 Å². The summed E-state index contributed by atoms with van der Waals surface area (Å²) in [7, 11) is 0. The Bertz CT molecular complexity index is 1040. The van der Waals surface area contributed by atoms with E-state index in [9.17, 15) is 13.6 Å². The molecule has 0 aliphatic carbocycles. The van der Waals surface area contributed by atoms with Gasteiger partial charge in [-0.25, -0.2) is 8.78 Å². The first kappa shape index (κ1) is 19.0. The zero-order valence-corrected chi connectivity index (χ0v) is 15.7. The monoisotopic (exact) mass is 394 g/mol. The van der Waals surface area contributed by atoms with E-state index in [2.05, 4.69) is 9.97 Å². The molecule has 1 fully saturated rings. The topological polar surface area (TPSA) is 72.1 Å². The minimum atomic E-state index is -0.709. The van der Waals surface area contributed by atoms with Crippen molar-refractivity contribution < 1.29 is 13.6 Å². The van der Waals surface area contributed by atoms with Crippen LogP contribution >= 0.6 is 0 Å². The highest BCUT2D eigenvalue weighted by Gasteiger charge is 2.31. The fourth-order valence-electron chi connectivity index (χ4n) is 3.47. The number of pyridine rings is 2. The van der Waals surface area contributed by atoms with Crippen LogP contribution in [0.25, 0.3) is 11.3 Å². The first-order valence-electron chi connectivity index (χ1n) is 9.38. The van der Waals surface area contributed by atoms with E-state index >= 15 is 0 Å². The number of carbonyl (C=O) groups excluding carboxylic acids is 1. The van der Waals surface area contributed by atoms with Crippen molar-refractivity contribution >= 4 is 11.6 Å². The Hall–Kier alpha value is -3.35. The van der Waals surface area contributed by atoms with Crippen LogP contribution in [0.2, 0.25) is 0 Å². The second-order valence-electron chi connectivity index (χ2n) is 7.22. The molecule has 0 radical (unpaired) electrons. The Morgan fingerprint density at radius 3 is 2.69 bits per heavy atom. The molecule has 0 atom stereocenters. The molecule has 0 spiro atoms. The Kier molecular flexibility index (Phi) is 5.20. The fourth-order valence-corrected chi connectivity index (χ4v) is 3.47. The minimum Gasteiger partial charge on any atom is -0.397 e. The first-order chi connectivity index (χ1) is 14.0. The van der Waals surface area contributed by atoms with Crippen molar-refractivity contribution in [3.05, 3.63) is 77.8 Å². The van der Waals surface area contributed by atoms with Crippen molar-refractivity contribution in [2.24, 2.45) is 5.92 Å². The third-order valence-corrected chi connectivity index (χ3v) is 5.07. The van der Waals surface area contributed by atoms with E-state index in [-0.39, 0.29) is 17.9 Å². The standard InChI is InChI=1S/C22H20F2N4O/c23-15-4-5-17(18(24)10-15)20-7-6-19(25)21(27-20)11-22(29)28-12-14(13-28)9-16-3-1-2-8-26-16/h1-8,10,14H,9,11-13,25H2. The summed E-state index contributed by atoms with van der Waals surface area (Å²) in [6, 6.07) is 12.3. The van der Waals surface area contributed by atoms with Gasteiger partial charge in [0.05, 0.1) is 23.5 Å². The zero-order chi connectivity index (χ0) is 20.4. The number of nitrogens with two attached hydrogens (primary N) is 1. The largest absolute Gasteiger partial charge is 0.397 e. The van der Waals surface area contributed by atoms with E-state index in [1.807, 2.05) is 18.2 Å². The van der Waals surface area contributed by atoms with Gasteiger partial charge in [-0.15, -0.1) is 0 Å². The van der Waals surface area contributed by atoms with E-state index in [1.165, 1.54) is 12.1 Å². The number of amides is 1. The lowest BCUT2D eigenvalue weighted by Crippen LogP contribution is -2.51. The van der Waals surface area contributed by atoms with E-state index in [4.69, 9.17) is 5.73 Å². The summed E-state index contributed by atoms with van der Waals surface area (Å²) in [6.45, 7) is 1.34. The van der Waals surface area contributed by atoms with Gasteiger partial charge in [-0.2, -0.15) is 0 Å². The van der Waals surface area contributed by atoms with Gasteiger partial charge in [0.15, 0.2) is 0 Å². The van der Waals surface area contributed by atoms with Crippen LogP contribution in [0, 0.1) is 17.6 Å². The number of aromatic nitrogens is 2. The smallest absolute Gasteiger partial charge is 0.228 e. The molecule has 148 valence electrons. The van der Waals surface area contributed by atoms with E-state index in [0.717, 1.165) is 18.2 Å². The molecule has 3 aromatic rings. The highest BCUT2D eigenvalue weighted by molar-refractivity contribution is 5.81. The number of carbonyl (C=O) groups is 1. The minimum absolute atomic E-state index is 0.0405. The summed E-state index contributed by atoms with van der Waals surface area (Å²) in [5.74, 6) is -1.05. The maximum Gasteiger partial charge on any atom is 0.228 e. The SMILES string of the molecule is Nc1ccc(-c2ccc(F)cc2F)nc1CC(=O)N1CC(Cc2ccccn2)C1. The van der Waals surface area contributed by atoms with E-state index < -0.39 is 11.6 Å². The van der Waals surface area contributed by atoms with Crippen LogP contribution in [0.15, 0.2) is 54.7 Å². The summed E-state index contributed by atoms with van der Waals surface area (Å²) < 4.78 is 27.2. The number of nitrogen functional groups attached to an aromatic ring is 1. The van der Waals surface area contributed by atoms with Crippen molar-refractivity contribution in [3.8, 4) is 11.3 Å². The molecule has 1 aliphatic heterocycles. The molecule has 2 aromatic heterocycles. The second kappa shape index (κ2) is 7.95. The van der Waals surface area contributed by atoms with Gasteiger partial charge in [-0.3, -0.25) is 14.8 Å². The molecule has 0 saturated carbocycles. The molecule has 5 nitrogen and oxygen atoms in total. The van der Waals surface area contributed by atoms with Gasteiger partial charge in [0, 0.05) is 36.6 Å². The van der Waals surface area contributed by atoms with Crippen LogP contribution in [0.4, 0.5) is 14.5 Å². The molecule has 3 heterocycles. The first-order valence-corrected chi connectivity index (χ1v) is 9.38. The van der Waals surface area contributed by atoms with Crippen LogP contribution in [0.1, 0.15) is 11.4 Å². The normalized spacial score (nSPS) is 13.9. The molecule has 0 unspecified atom stereocenters. The van der Waals surface area contributed by atoms with Crippen LogP contribution in [0.5, 0.6) is 0 Å². The highest BCUT2D eigenvalue weighted by atomic mass is 19.1. The van der Waals surface area contributed by atoms with Gasteiger partial charge in [0.2, 0.25) is 5.91 Å². The predicted molar refractivity (Wildman–Crippen MR) is 106 cm³/mol. The number of nitrogens with zero attached hydrogens (tertiary/aromatic N) is 3. The number of anilines is 1. The number of halogens is 2. The lowest BCUT2D eigenvalue weighted by atomic mass is 9.94. The second-order valence-corrected chi connectivity index (χ2v) is 7.22. The summed E-state index contributed by atoms with van der Waals surface area (Å²) in [6.07, 6.45) is 2.64. The van der Waals surface area contributed by atoms with Crippen LogP contribution in [-0.4, -0.2) is 33.9 Å². The summed E-state index contributed by atoms with van der Waals surface area (Å²) >= 11 is 0. The number of likely N-dealkylation sites (tertiary alicyclic amines) is 1. The van der Waals surface area contributed by atoms with E-state index in [1.54, 1.807) is 23.2 Å². The quantitative estimate of drug-likeness (QED) is 0.721. The van der Waals surface area contributed by atoms with Gasteiger partial charge >= 0.3 is 0 Å². The molecule has 7 heteroatoms. The molecular weight excluding hydrogens is 374 g/mol. The van der Waals surface area contributed by atoms with Gasteiger partial charge in [0.25, 0.3) is 0 Å². The Morgan fingerprint density at radius 1 is 1.14 bits per heavy atom. The maximum absolute atomic E-state index is 14.1. The molecule has 0 bridgehead atoms. The fraction of sp³-hybridized carbons (Fsp3) is 0.227. The van der Waals surface area contributed by atoms with Crippen molar-refractivity contribution in [1.82, 2.24) is 14.9 Å². The highest BCUT2D eigenvalue weighted by Crippen LogP contribution is 2.25. The molecule has 2 N–H and O–H groups in total. The summed E-state index contributed by atoms with van der Waals surface area (Å²) in [5.41, 5.74) is 8.24.